The average molecular weight is 271 g/mol. The van der Waals surface area contributed by atoms with Crippen molar-refractivity contribution < 1.29 is 0 Å². The van der Waals surface area contributed by atoms with Crippen molar-refractivity contribution in [2.75, 3.05) is 0 Å². The van der Waals surface area contributed by atoms with Crippen LogP contribution in [0.3, 0.4) is 0 Å². The molecule has 1 aromatic rings. The summed E-state index contributed by atoms with van der Waals surface area (Å²) in [6, 6.07) is 4.38. The van der Waals surface area contributed by atoms with Crippen LogP contribution < -0.4 is 5.73 Å². The minimum absolute atomic E-state index is 0. The molecular weight excluding hydrogens is 258 g/mol. The van der Waals surface area contributed by atoms with Gasteiger partial charge >= 0.3 is 0 Å². The van der Waals surface area contributed by atoms with E-state index in [4.69, 9.17) is 5.73 Å². The van der Waals surface area contributed by atoms with Crippen LogP contribution in [0.5, 0.6) is 0 Å². The summed E-state index contributed by atoms with van der Waals surface area (Å²) in [6.45, 7) is 2.16. The summed E-state index contributed by atoms with van der Waals surface area (Å²) in [5, 5.41) is 0. The Hall–Kier alpha value is 0.430. The largest absolute Gasteiger partial charge is 0.323 e. The Morgan fingerprint density at radius 1 is 1.58 bits per heavy atom. The molecule has 0 fully saturated rings. The second kappa shape index (κ2) is 5.97. The van der Waals surface area contributed by atoms with Crippen LogP contribution in [0.25, 0.3) is 0 Å². The maximum Gasteiger partial charge on any atom is 0.0701 e. The highest BCUT2D eigenvalue weighted by molar-refractivity contribution is 9.11. The molecule has 1 atom stereocenters. The highest BCUT2D eigenvalue weighted by Gasteiger charge is 2.06. The molecule has 1 nitrogen and oxygen atoms in total. The second-order valence-electron chi connectivity index (χ2n) is 2.54. The molecule has 70 valence electrons. The van der Waals surface area contributed by atoms with Crippen LogP contribution in [0.15, 0.2) is 15.9 Å². The Labute approximate surface area is 91.9 Å². The van der Waals surface area contributed by atoms with Gasteiger partial charge in [0.2, 0.25) is 0 Å². The molecule has 0 radical (unpaired) electrons. The third-order valence-electron chi connectivity index (χ3n) is 1.56. The molecular formula is C8H13BrClNS. The van der Waals surface area contributed by atoms with Crippen LogP contribution in [-0.4, -0.2) is 0 Å². The number of hydrogen-bond acceptors (Lipinski definition) is 2. The van der Waals surface area contributed by atoms with Gasteiger partial charge in [-0.1, -0.05) is 13.3 Å². The van der Waals surface area contributed by atoms with Gasteiger partial charge in [0.1, 0.15) is 0 Å². The molecule has 0 amide bonds. The Morgan fingerprint density at radius 2 is 2.25 bits per heavy atom. The molecule has 1 aromatic heterocycles. The first-order valence-corrected chi connectivity index (χ1v) is 5.35. The van der Waals surface area contributed by atoms with E-state index in [1.807, 2.05) is 0 Å². The van der Waals surface area contributed by atoms with Crippen molar-refractivity contribution >= 4 is 39.7 Å². The van der Waals surface area contributed by atoms with E-state index in [1.54, 1.807) is 11.3 Å². The summed E-state index contributed by atoms with van der Waals surface area (Å²) in [5.41, 5.74) is 5.91. The van der Waals surface area contributed by atoms with Gasteiger partial charge in [0.05, 0.1) is 3.79 Å². The molecule has 0 aliphatic rings. The first-order valence-electron chi connectivity index (χ1n) is 3.75. The van der Waals surface area contributed by atoms with Crippen molar-refractivity contribution in [3.05, 3.63) is 20.8 Å². The first-order chi connectivity index (χ1) is 5.24. The van der Waals surface area contributed by atoms with E-state index in [2.05, 4.69) is 35.0 Å². The Balaban J connectivity index is 0.00000121. The second-order valence-corrected chi connectivity index (χ2v) is 5.03. The highest BCUT2D eigenvalue weighted by atomic mass is 79.9. The van der Waals surface area contributed by atoms with E-state index in [0.717, 1.165) is 12.8 Å². The van der Waals surface area contributed by atoms with Gasteiger partial charge in [0, 0.05) is 10.9 Å². The molecule has 0 aromatic carbocycles. The van der Waals surface area contributed by atoms with Gasteiger partial charge in [0.15, 0.2) is 0 Å². The van der Waals surface area contributed by atoms with Crippen molar-refractivity contribution in [3.63, 3.8) is 0 Å². The van der Waals surface area contributed by atoms with Crippen LogP contribution >= 0.6 is 39.7 Å². The minimum Gasteiger partial charge on any atom is -0.323 e. The lowest BCUT2D eigenvalue weighted by Gasteiger charge is -2.05. The van der Waals surface area contributed by atoms with Crippen molar-refractivity contribution in [2.45, 2.75) is 25.8 Å². The van der Waals surface area contributed by atoms with Crippen molar-refractivity contribution in [1.82, 2.24) is 0 Å². The van der Waals surface area contributed by atoms with Gasteiger partial charge in [-0.3, -0.25) is 0 Å². The van der Waals surface area contributed by atoms with E-state index in [0.29, 0.717) is 0 Å². The van der Waals surface area contributed by atoms with Gasteiger partial charge in [-0.2, -0.15) is 0 Å². The van der Waals surface area contributed by atoms with Crippen LogP contribution in [0.1, 0.15) is 30.7 Å². The summed E-state index contributed by atoms with van der Waals surface area (Å²) in [6.07, 6.45) is 2.23. The molecule has 0 unspecified atom stereocenters. The maximum atomic E-state index is 5.91. The zero-order chi connectivity index (χ0) is 8.27. The molecule has 2 N–H and O–H groups in total. The SMILES string of the molecule is CCC[C@@H](N)c1ccc(Br)s1.Cl. The molecule has 0 spiro atoms. The van der Waals surface area contributed by atoms with Crippen molar-refractivity contribution in [2.24, 2.45) is 5.73 Å². The number of rotatable bonds is 3. The van der Waals surface area contributed by atoms with Crippen LogP contribution in [0, 0.1) is 0 Å². The van der Waals surface area contributed by atoms with Gasteiger partial charge < -0.3 is 5.73 Å². The van der Waals surface area contributed by atoms with E-state index in [1.165, 1.54) is 8.66 Å². The van der Waals surface area contributed by atoms with Crippen molar-refractivity contribution in [3.8, 4) is 0 Å². The quantitative estimate of drug-likeness (QED) is 0.890. The molecule has 0 saturated heterocycles. The highest BCUT2D eigenvalue weighted by Crippen LogP contribution is 2.27. The van der Waals surface area contributed by atoms with E-state index in [9.17, 15) is 0 Å². The van der Waals surface area contributed by atoms with Gasteiger partial charge in [-0.15, -0.1) is 23.7 Å². The molecule has 4 heteroatoms. The fourth-order valence-corrected chi connectivity index (χ4v) is 2.44. The third kappa shape index (κ3) is 3.44. The van der Waals surface area contributed by atoms with Crippen LogP contribution in [-0.2, 0) is 0 Å². The standard InChI is InChI=1S/C8H12BrNS.ClH/c1-2-3-6(10)7-4-5-8(9)11-7;/h4-6H,2-3,10H2,1H3;1H/t6-;/m1./s1. The van der Waals surface area contributed by atoms with Gasteiger partial charge in [0.25, 0.3) is 0 Å². The lowest BCUT2D eigenvalue weighted by atomic mass is 10.1. The van der Waals surface area contributed by atoms with Crippen LogP contribution in [0.4, 0.5) is 0 Å². The summed E-state index contributed by atoms with van der Waals surface area (Å²) in [5.74, 6) is 0. The minimum atomic E-state index is 0. The molecule has 0 bridgehead atoms. The smallest absolute Gasteiger partial charge is 0.0701 e. The fourth-order valence-electron chi connectivity index (χ4n) is 0.981. The predicted molar refractivity (Wildman–Crippen MR) is 61.1 cm³/mol. The molecule has 1 rings (SSSR count). The Morgan fingerprint density at radius 3 is 2.67 bits per heavy atom. The zero-order valence-corrected chi connectivity index (χ0v) is 10.1. The molecule has 12 heavy (non-hydrogen) atoms. The lowest BCUT2D eigenvalue weighted by Crippen LogP contribution is -2.07. The van der Waals surface area contributed by atoms with E-state index in [-0.39, 0.29) is 18.4 Å². The summed E-state index contributed by atoms with van der Waals surface area (Å²) in [4.78, 5) is 1.28. The predicted octanol–water partition coefficient (Wildman–Crippen LogP) is 3.73. The molecule has 1 heterocycles. The van der Waals surface area contributed by atoms with Crippen LogP contribution in [0.2, 0.25) is 0 Å². The summed E-state index contributed by atoms with van der Waals surface area (Å²) in [7, 11) is 0. The van der Waals surface area contributed by atoms with Gasteiger partial charge in [-0.25, -0.2) is 0 Å². The number of halogens is 2. The monoisotopic (exact) mass is 269 g/mol. The Kier molecular flexibility index (Phi) is 6.19. The van der Waals surface area contributed by atoms with Gasteiger partial charge in [-0.05, 0) is 34.5 Å². The average Bonchev–Trinajstić information content (AvgIpc) is 2.36. The molecule has 0 aliphatic heterocycles. The van der Waals surface area contributed by atoms with E-state index >= 15 is 0 Å². The topological polar surface area (TPSA) is 26.0 Å². The summed E-state index contributed by atoms with van der Waals surface area (Å²) < 4.78 is 1.17. The first kappa shape index (κ1) is 12.4. The maximum absolute atomic E-state index is 5.91. The normalized spacial score (nSPS) is 12.2. The number of nitrogens with two attached hydrogens (primary N) is 1. The Bertz CT molecular complexity index is 227. The fraction of sp³-hybridized carbons (Fsp3) is 0.500. The van der Waals surface area contributed by atoms with E-state index < -0.39 is 0 Å². The summed E-state index contributed by atoms with van der Waals surface area (Å²) >= 11 is 5.14. The van der Waals surface area contributed by atoms with Crippen molar-refractivity contribution in [1.29, 1.82) is 0 Å². The number of hydrogen-bond donors (Lipinski definition) is 1. The lowest BCUT2D eigenvalue weighted by molar-refractivity contribution is 0.648. The molecule has 0 saturated carbocycles. The third-order valence-corrected chi connectivity index (χ3v) is 3.31. The number of thiophene rings is 1. The zero-order valence-electron chi connectivity index (χ0n) is 6.92. The molecule has 0 aliphatic carbocycles.